The summed E-state index contributed by atoms with van der Waals surface area (Å²) in [5.74, 6) is 1.09. The summed E-state index contributed by atoms with van der Waals surface area (Å²) in [6.45, 7) is 7.29. The van der Waals surface area contributed by atoms with E-state index in [0.29, 0.717) is 11.8 Å². The highest BCUT2D eigenvalue weighted by Crippen LogP contribution is 2.37. The van der Waals surface area contributed by atoms with Crippen LogP contribution in [0.1, 0.15) is 33.6 Å². The second-order valence-corrected chi connectivity index (χ2v) is 6.05. The first-order valence-electron chi connectivity index (χ1n) is 6.10. The number of ether oxygens (including phenoxy) is 1. The third-order valence-electron chi connectivity index (χ3n) is 3.56. The Morgan fingerprint density at radius 3 is 2.56 bits per heavy atom. The zero-order valence-electron chi connectivity index (χ0n) is 10.4. The lowest BCUT2D eigenvalue weighted by molar-refractivity contribution is 0.0279. The van der Waals surface area contributed by atoms with Crippen molar-refractivity contribution < 1.29 is 9.53 Å². The van der Waals surface area contributed by atoms with Crippen LogP contribution in [-0.4, -0.2) is 35.7 Å². The number of rotatable bonds is 0. The molecule has 0 aromatic heterocycles. The van der Waals surface area contributed by atoms with Gasteiger partial charge in [0.15, 0.2) is 0 Å². The Kier molecular flexibility index (Phi) is 2.86. The van der Waals surface area contributed by atoms with Crippen LogP contribution in [0.3, 0.4) is 0 Å². The van der Waals surface area contributed by atoms with E-state index in [2.05, 4.69) is 0 Å². The van der Waals surface area contributed by atoms with E-state index in [1.165, 1.54) is 0 Å². The summed E-state index contributed by atoms with van der Waals surface area (Å²) in [7, 11) is 0. The molecule has 1 saturated carbocycles. The van der Waals surface area contributed by atoms with Crippen LogP contribution in [0, 0.1) is 11.8 Å². The van der Waals surface area contributed by atoms with E-state index >= 15 is 0 Å². The third kappa shape index (κ3) is 2.32. The lowest BCUT2D eigenvalue weighted by Gasteiger charge is -2.25. The maximum Gasteiger partial charge on any atom is 0.410 e. The highest BCUT2D eigenvalue weighted by Gasteiger charge is 2.43. The van der Waals surface area contributed by atoms with Gasteiger partial charge in [-0.2, -0.15) is 0 Å². The molecule has 2 rings (SSSR count). The Morgan fingerprint density at radius 1 is 1.31 bits per heavy atom. The summed E-state index contributed by atoms with van der Waals surface area (Å²) in [5, 5.41) is 0. The van der Waals surface area contributed by atoms with Crippen LogP contribution in [0.2, 0.25) is 0 Å². The second kappa shape index (κ2) is 3.91. The van der Waals surface area contributed by atoms with E-state index in [1.807, 2.05) is 25.7 Å². The molecule has 1 saturated heterocycles. The minimum absolute atomic E-state index is 0.186. The van der Waals surface area contributed by atoms with Crippen molar-refractivity contribution in [2.75, 3.05) is 13.1 Å². The van der Waals surface area contributed by atoms with Crippen LogP contribution in [0.5, 0.6) is 0 Å². The Hall–Kier alpha value is -0.770. The van der Waals surface area contributed by atoms with Gasteiger partial charge in [-0.05, 0) is 45.4 Å². The smallest absolute Gasteiger partial charge is 0.410 e. The van der Waals surface area contributed by atoms with Crippen molar-refractivity contribution in [2.24, 2.45) is 17.6 Å². The maximum atomic E-state index is 11.9. The van der Waals surface area contributed by atoms with Crippen LogP contribution in [-0.2, 0) is 4.74 Å². The molecule has 4 heteroatoms. The lowest BCUT2D eigenvalue weighted by Crippen LogP contribution is -2.37. The quantitative estimate of drug-likeness (QED) is 0.682. The molecule has 1 aliphatic carbocycles. The van der Waals surface area contributed by atoms with Gasteiger partial charge in [0.25, 0.3) is 0 Å². The Balaban J connectivity index is 1.92. The van der Waals surface area contributed by atoms with Gasteiger partial charge in [-0.1, -0.05) is 0 Å². The van der Waals surface area contributed by atoms with Gasteiger partial charge in [-0.3, -0.25) is 0 Å². The molecule has 1 heterocycles. The molecule has 1 amide bonds. The Morgan fingerprint density at radius 2 is 2.00 bits per heavy atom. The molecule has 0 radical (unpaired) electrons. The van der Waals surface area contributed by atoms with Gasteiger partial charge in [0.05, 0.1) is 0 Å². The Bertz CT molecular complexity index is 285. The van der Waals surface area contributed by atoms with Crippen LogP contribution in [0.4, 0.5) is 4.79 Å². The number of carbonyl (C=O) groups excluding carboxylic acids is 1. The molecule has 16 heavy (non-hydrogen) atoms. The summed E-state index contributed by atoms with van der Waals surface area (Å²) in [6.07, 6.45) is 2.08. The van der Waals surface area contributed by atoms with Gasteiger partial charge in [0.2, 0.25) is 0 Å². The molecule has 2 unspecified atom stereocenters. The average molecular weight is 226 g/mol. The molecule has 2 aliphatic rings. The fourth-order valence-electron chi connectivity index (χ4n) is 2.78. The van der Waals surface area contributed by atoms with Crippen LogP contribution in [0.25, 0.3) is 0 Å². The molecule has 1 aliphatic heterocycles. The van der Waals surface area contributed by atoms with Gasteiger partial charge in [0, 0.05) is 19.1 Å². The lowest BCUT2D eigenvalue weighted by atomic mass is 9.98. The van der Waals surface area contributed by atoms with Crippen molar-refractivity contribution in [1.82, 2.24) is 4.90 Å². The van der Waals surface area contributed by atoms with Crippen molar-refractivity contribution in [3.8, 4) is 0 Å². The first kappa shape index (κ1) is 11.7. The number of carbonyl (C=O) groups is 1. The number of fused-ring (bicyclic) bond motifs is 1. The zero-order valence-corrected chi connectivity index (χ0v) is 10.4. The van der Waals surface area contributed by atoms with Crippen molar-refractivity contribution in [3.63, 3.8) is 0 Å². The molecule has 0 bridgehead atoms. The predicted octanol–water partition coefficient (Wildman–Crippen LogP) is 1.59. The molecule has 0 aromatic rings. The van der Waals surface area contributed by atoms with Crippen LogP contribution >= 0.6 is 0 Å². The molecule has 2 fully saturated rings. The van der Waals surface area contributed by atoms with Crippen molar-refractivity contribution in [1.29, 1.82) is 0 Å². The first-order chi connectivity index (χ1) is 7.37. The largest absolute Gasteiger partial charge is 0.444 e. The topological polar surface area (TPSA) is 55.6 Å². The number of hydrogen-bond donors (Lipinski definition) is 1. The van der Waals surface area contributed by atoms with Gasteiger partial charge in [-0.25, -0.2) is 4.79 Å². The first-order valence-corrected chi connectivity index (χ1v) is 6.10. The number of nitrogens with zero attached hydrogens (tertiary/aromatic N) is 1. The van der Waals surface area contributed by atoms with Crippen LogP contribution in [0.15, 0.2) is 0 Å². The molecule has 0 spiro atoms. The number of hydrogen-bond acceptors (Lipinski definition) is 3. The Labute approximate surface area is 97.1 Å². The molecule has 3 atom stereocenters. The van der Waals surface area contributed by atoms with Gasteiger partial charge >= 0.3 is 6.09 Å². The molecule has 2 N–H and O–H groups in total. The molecule has 92 valence electrons. The van der Waals surface area contributed by atoms with Gasteiger partial charge < -0.3 is 15.4 Å². The fraction of sp³-hybridized carbons (Fsp3) is 0.917. The highest BCUT2D eigenvalue weighted by molar-refractivity contribution is 5.68. The van der Waals surface area contributed by atoms with Gasteiger partial charge in [0.1, 0.15) is 5.60 Å². The average Bonchev–Trinajstić information content (AvgIpc) is 2.65. The fourth-order valence-corrected chi connectivity index (χ4v) is 2.78. The highest BCUT2D eigenvalue weighted by atomic mass is 16.6. The van der Waals surface area contributed by atoms with E-state index in [0.717, 1.165) is 25.9 Å². The maximum absolute atomic E-state index is 11.9. The van der Waals surface area contributed by atoms with Crippen molar-refractivity contribution in [3.05, 3.63) is 0 Å². The van der Waals surface area contributed by atoms with Crippen LogP contribution < -0.4 is 5.73 Å². The SMILES string of the molecule is CC(C)(C)OC(=O)N1CC2CC[C@@H](N)C2C1. The minimum atomic E-state index is -0.406. The zero-order chi connectivity index (χ0) is 11.9. The molecular formula is C12H22N2O2. The predicted molar refractivity (Wildman–Crippen MR) is 62.0 cm³/mol. The normalized spacial score (nSPS) is 34.0. The van der Waals surface area contributed by atoms with E-state index in [9.17, 15) is 4.79 Å². The molecule has 4 nitrogen and oxygen atoms in total. The van der Waals surface area contributed by atoms with E-state index in [4.69, 9.17) is 10.5 Å². The monoisotopic (exact) mass is 226 g/mol. The van der Waals surface area contributed by atoms with Gasteiger partial charge in [-0.15, -0.1) is 0 Å². The number of amides is 1. The van der Waals surface area contributed by atoms with Crippen molar-refractivity contribution >= 4 is 6.09 Å². The minimum Gasteiger partial charge on any atom is -0.444 e. The summed E-state index contributed by atoms with van der Waals surface area (Å²) in [4.78, 5) is 13.7. The summed E-state index contributed by atoms with van der Waals surface area (Å²) < 4.78 is 5.37. The van der Waals surface area contributed by atoms with E-state index in [-0.39, 0.29) is 12.1 Å². The van der Waals surface area contributed by atoms with E-state index in [1.54, 1.807) is 0 Å². The number of nitrogens with two attached hydrogens (primary N) is 1. The second-order valence-electron chi connectivity index (χ2n) is 6.05. The summed E-state index contributed by atoms with van der Waals surface area (Å²) in [6, 6.07) is 0.275. The van der Waals surface area contributed by atoms with E-state index < -0.39 is 5.60 Å². The summed E-state index contributed by atoms with van der Waals surface area (Å²) in [5.41, 5.74) is 5.62. The standard InChI is InChI=1S/C12H22N2O2/c1-12(2,3)16-11(15)14-6-8-4-5-10(13)9(8)7-14/h8-10H,4-7,13H2,1-3H3/t8?,9?,10-/m1/s1. The molecular weight excluding hydrogens is 204 g/mol. The third-order valence-corrected chi connectivity index (χ3v) is 3.56. The number of likely N-dealkylation sites (tertiary alicyclic amines) is 1. The molecule has 0 aromatic carbocycles. The van der Waals surface area contributed by atoms with Crippen molar-refractivity contribution in [2.45, 2.75) is 45.3 Å². The summed E-state index contributed by atoms with van der Waals surface area (Å²) >= 11 is 0.